The zero-order chi connectivity index (χ0) is 15.1. The highest BCUT2D eigenvalue weighted by molar-refractivity contribution is 6.33. The zero-order valence-electron chi connectivity index (χ0n) is 11.7. The predicted octanol–water partition coefficient (Wildman–Crippen LogP) is 4.25. The molecule has 21 heavy (non-hydrogen) atoms. The molecule has 2 aromatic carbocycles. The number of aryl methyl sites for hydroxylation is 1. The van der Waals surface area contributed by atoms with E-state index in [4.69, 9.17) is 23.2 Å². The molecule has 0 saturated heterocycles. The lowest BCUT2D eigenvalue weighted by Gasteiger charge is -2.14. The van der Waals surface area contributed by atoms with Gasteiger partial charge in [0.25, 0.3) is 0 Å². The number of aliphatic hydroxyl groups is 1. The van der Waals surface area contributed by atoms with E-state index < -0.39 is 6.10 Å². The van der Waals surface area contributed by atoms with Crippen LogP contribution in [0.15, 0.2) is 48.5 Å². The molecule has 2 N–H and O–H groups in total. The van der Waals surface area contributed by atoms with E-state index in [0.29, 0.717) is 22.2 Å². The van der Waals surface area contributed by atoms with Gasteiger partial charge in [0.1, 0.15) is 0 Å². The molecule has 2 nitrogen and oxygen atoms in total. The maximum absolute atomic E-state index is 10.1. The molecule has 0 aliphatic rings. The van der Waals surface area contributed by atoms with Crippen LogP contribution in [-0.4, -0.2) is 18.2 Å². The standard InChI is InChI=1S/C17H19Cl2NO/c18-14-8-9-16(19)15(11-14)17(21)12-20-10-4-7-13-5-2-1-3-6-13/h1-3,5-6,8-9,11,17,20-21H,4,7,10,12H2. The first-order valence-electron chi connectivity index (χ1n) is 7.04. The molecule has 1 atom stereocenters. The Morgan fingerprint density at radius 1 is 1.05 bits per heavy atom. The Bertz CT molecular complexity index is 560. The van der Waals surface area contributed by atoms with Crippen molar-refractivity contribution in [3.8, 4) is 0 Å². The van der Waals surface area contributed by atoms with Crippen LogP contribution in [0.4, 0.5) is 0 Å². The van der Waals surface area contributed by atoms with Crippen molar-refractivity contribution in [1.82, 2.24) is 5.32 Å². The molecule has 0 bridgehead atoms. The highest BCUT2D eigenvalue weighted by Gasteiger charge is 2.11. The lowest BCUT2D eigenvalue weighted by Crippen LogP contribution is -2.23. The highest BCUT2D eigenvalue weighted by Crippen LogP contribution is 2.25. The molecule has 0 aliphatic carbocycles. The van der Waals surface area contributed by atoms with Crippen molar-refractivity contribution in [1.29, 1.82) is 0 Å². The minimum Gasteiger partial charge on any atom is -0.387 e. The Morgan fingerprint density at radius 3 is 2.57 bits per heavy atom. The number of hydrogen-bond donors (Lipinski definition) is 2. The molecule has 0 aliphatic heterocycles. The monoisotopic (exact) mass is 323 g/mol. The van der Waals surface area contributed by atoms with Gasteiger partial charge in [-0.2, -0.15) is 0 Å². The van der Waals surface area contributed by atoms with E-state index >= 15 is 0 Å². The van der Waals surface area contributed by atoms with E-state index in [1.165, 1.54) is 5.56 Å². The second-order valence-corrected chi connectivity index (χ2v) is 5.82. The first-order chi connectivity index (χ1) is 10.2. The summed E-state index contributed by atoms with van der Waals surface area (Å²) >= 11 is 12.0. The van der Waals surface area contributed by atoms with Gasteiger partial charge >= 0.3 is 0 Å². The summed E-state index contributed by atoms with van der Waals surface area (Å²) in [5.74, 6) is 0. The molecule has 0 fully saturated rings. The van der Waals surface area contributed by atoms with Crippen molar-refractivity contribution in [2.45, 2.75) is 18.9 Å². The van der Waals surface area contributed by atoms with E-state index in [0.717, 1.165) is 19.4 Å². The molecule has 0 saturated carbocycles. The highest BCUT2D eigenvalue weighted by atomic mass is 35.5. The van der Waals surface area contributed by atoms with Gasteiger partial charge in [-0.05, 0) is 43.1 Å². The summed E-state index contributed by atoms with van der Waals surface area (Å²) < 4.78 is 0. The maximum atomic E-state index is 10.1. The number of rotatable bonds is 7. The van der Waals surface area contributed by atoms with E-state index in [-0.39, 0.29) is 0 Å². The fourth-order valence-electron chi connectivity index (χ4n) is 2.18. The average molecular weight is 324 g/mol. The van der Waals surface area contributed by atoms with Crippen LogP contribution in [0.1, 0.15) is 23.7 Å². The third-order valence-electron chi connectivity index (χ3n) is 3.32. The first kappa shape index (κ1) is 16.3. The molecule has 4 heteroatoms. The molecule has 2 aromatic rings. The third kappa shape index (κ3) is 5.33. The minimum absolute atomic E-state index is 0.467. The van der Waals surface area contributed by atoms with Gasteiger partial charge in [-0.3, -0.25) is 0 Å². The van der Waals surface area contributed by atoms with Gasteiger partial charge in [-0.25, -0.2) is 0 Å². The number of benzene rings is 2. The van der Waals surface area contributed by atoms with Gasteiger partial charge < -0.3 is 10.4 Å². The fraction of sp³-hybridized carbons (Fsp3) is 0.294. The van der Waals surface area contributed by atoms with Crippen LogP contribution in [0.3, 0.4) is 0 Å². The molecule has 112 valence electrons. The normalized spacial score (nSPS) is 12.3. The number of aliphatic hydroxyl groups excluding tert-OH is 1. The van der Waals surface area contributed by atoms with E-state index in [1.807, 2.05) is 18.2 Å². The van der Waals surface area contributed by atoms with Gasteiger partial charge in [0.15, 0.2) is 0 Å². The Balaban J connectivity index is 1.72. The largest absolute Gasteiger partial charge is 0.387 e. The van der Waals surface area contributed by atoms with E-state index in [9.17, 15) is 5.11 Å². The lowest BCUT2D eigenvalue weighted by atomic mass is 10.1. The summed E-state index contributed by atoms with van der Waals surface area (Å²) in [5, 5.41) is 14.5. The molecule has 0 amide bonds. The minimum atomic E-state index is -0.645. The third-order valence-corrected chi connectivity index (χ3v) is 3.90. The lowest BCUT2D eigenvalue weighted by molar-refractivity contribution is 0.175. The van der Waals surface area contributed by atoms with Gasteiger partial charge in [-0.15, -0.1) is 0 Å². The summed E-state index contributed by atoms with van der Waals surface area (Å²) in [6, 6.07) is 15.5. The summed E-state index contributed by atoms with van der Waals surface area (Å²) in [7, 11) is 0. The van der Waals surface area contributed by atoms with E-state index in [2.05, 4.69) is 17.4 Å². The second kappa shape index (κ2) is 8.40. The second-order valence-electron chi connectivity index (χ2n) is 4.97. The Kier molecular flexibility index (Phi) is 6.52. The van der Waals surface area contributed by atoms with Crippen LogP contribution in [0.5, 0.6) is 0 Å². The van der Waals surface area contributed by atoms with Crippen LogP contribution >= 0.6 is 23.2 Å². The molecule has 2 rings (SSSR count). The van der Waals surface area contributed by atoms with Gasteiger partial charge in [0.2, 0.25) is 0 Å². The van der Waals surface area contributed by atoms with Crippen LogP contribution < -0.4 is 5.32 Å². The average Bonchev–Trinajstić information content (AvgIpc) is 2.50. The van der Waals surface area contributed by atoms with Crippen molar-refractivity contribution in [3.05, 3.63) is 69.7 Å². The van der Waals surface area contributed by atoms with Crippen LogP contribution in [0.25, 0.3) is 0 Å². The summed E-state index contributed by atoms with van der Waals surface area (Å²) in [4.78, 5) is 0. The summed E-state index contributed by atoms with van der Waals surface area (Å²) in [6.07, 6.45) is 1.41. The van der Waals surface area contributed by atoms with Gasteiger partial charge in [0, 0.05) is 22.2 Å². The van der Waals surface area contributed by atoms with Crippen LogP contribution in [0.2, 0.25) is 10.0 Å². The molecular formula is C17H19Cl2NO. The smallest absolute Gasteiger partial charge is 0.0929 e. The number of hydrogen-bond acceptors (Lipinski definition) is 2. The first-order valence-corrected chi connectivity index (χ1v) is 7.80. The maximum Gasteiger partial charge on any atom is 0.0929 e. The Morgan fingerprint density at radius 2 is 1.81 bits per heavy atom. The summed E-state index contributed by atoms with van der Waals surface area (Å²) in [6.45, 7) is 1.32. The SMILES string of the molecule is OC(CNCCCc1ccccc1)c1cc(Cl)ccc1Cl. The van der Waals surface area contributed by atoms with Crippen molar-refractivity contribution in [3.63, 3.8) is 0 Å². The van der Waals surface area contributed by atoms with Crippen LogP contribution in [0, 0.1) is 0 Å². The quantitative estimate of drug-likeness (QED) is 0.746. The molecule has 0 spiro atoms. The number of halogens is 2. The Labute approximate surface area is 135 Å². The number of nitrogens with one attached hydrogen (secondary N) is 1. The van der Waals surface area contributed by atoms with Crippen molar-refractivity contribution in [2.24, 2.45) is 0 Å². The van der Waals surface area contributed by atoms with Crippen molar-refractivity contribution >= 4 is 23.2 Å². The van der Waals surface area contributed by atoms with Gasteiger partial charge in [-0.1, -0.05) is 53.5 Å². The van der Waals surface area contributed by atoms with Crippen LogP contribution in [-0.2, 0) is 6.42 Å². The Hall–Kier alpha value is -1.06. The molecular weight excluding hydrogens is 305 g/mol. The fourth-order valence-corrected chi connectivity index (χ4v) is 2.60. The zero-order valence-corrected chi connectivity index (χ0v) is 13.2. The molecule has 1 unspecified atom stereocenters. The summed E-state index contributed by atoms with van der Waals surface area (Å²) in [5.41, 5.74) is 2.00. The molecule has 0 radical (unpaired) electrons. The molecule has 0 heterocycles. The van der Waals surface area contributed by atoms with Crippen molar-refractivity contribution < 1.29 is 5.11 Å². The predicted molar refractivity (Wildman–Crippen MR) is 89.1 cm³/mol. The van der Waals surface area contributed by atoms with Crippen molar-refractivity contribution in [2.75, 3.05) is 13.1 Å². The van der Waals surface area contributed by atoms with E-state index in [1.54, 1.807) is 18.2 Å². The topological polar surface area (TPSA) is 32.3 Å². The molecule has 0 aromatic heterocycles. The van der Waals surface area contributed by atoms with Gasteiger partial charge in [0.05, 0.1) is 6.10 Å².